The molecule has 0 aliphatic rings. The Kier molecular flexibility index (Phi) is 5.16. The lowest BCUT2D eigenvalue weighted by molar-refractivity contribution is 0.427. The first-order valence-electron chi connectivity index (χ1n) is 8.48. The van der Waals surface area contributed by atoms with E-state index < -0.39 is 5.82 Å². The average Bonchev–Trinajstić information content (AvgIpc) is 3.19. The third kappa shape index (κ3) is 4.10. The van der Waals surface area contributed by atoms with Crippen LogP contribution in [-0.2, 0) is 6.54 Å². The number of hydrogen-bond donors (Lipinski definition) is 1. The molecule has 140 valence electrons. The van der Waals surface area contributed by atoms with Gasteiger partial charge in [-0.05, 0) is 58.5 Å². The van der Waals surface area contributed by atoms with Crippen LogP contribution < -0.4 is 10.1 Å². The van der Waals surface area contributed by atoms with E-state index in [1.807, 2.05) is 54.6 Å². The minimum Gasteiger partial charge on any atom is -0.423 e. The zero-order valence-corrected chi connectivity index (χ0v) is 15.3. The summed E-state index contributed by atoms with van der Waals surface area (Å²) in [5.41, 5.74) is 2.57. The zero-order chi connectivity index (χ0) is 19.3. The summed E-state index contributed by atoms with van der Waals surface area (Å²) in [5, 5.41) is 14.8. The molecule has 4 aromatic rings. The highest BCUT2D eigenvalue weighted by Gasteiger charge is 2.10. The van der Waals surface area contributed by atoms with Crippen LogP contribution in [0.3, 0.4) is 0 Å². The standard InChI is InChI=1S/C20H15ClFN5O/c21-18-12-15(8-11-19(18)22)23-13-14-6-9-17(10-7-14)28-20-24-25-26-27(20)16-4-2-1-3-5-16/h1-12,23H,13H2. The highest BCUT2D eigenvalue weighted by Crippen LogP contribution is 2.23. The molecule has 0 spiro atoms. The number of rotatable bonds is 6. The smallest absolute Gasteiger partial charge is 0.345 e. The van der Waals surface area contributed by atoms with Gasteiger partial charge in [0.25, 0.3) is 0 Å². The fraction of sp³-hybridized carbons (Fsp3) is 0.0500. The number of ether oxygens (including phenoxy) is 1. The topological polar surface area (TPSA) is 64.9 Å². The number of nitrogens with one attached hydrogen (secondary N) is 1. The molecule has 0 amide bonds. The van der Waals surface area contributed by atoms with Crippen LogP contribution in [0.5, 0.6) is 11.8 Å². The van der Waals surface area contributed by atoms with Crippen LogP contribution in [0.15, 0.2) is 72.8 Å². The maximum Gasteiger partial charge on any atom is 0.345 e. The Labute approximate surface area is 165 Å². The Morgan fingerprint density at radius 1 is 1.00 bits per heavy atom. The van der Waals surface area contributed by atoms with Crippen molar-refractivity contribution in [3.63, 3.8) is 0 Å². The van der Waals surface area contributed by atoms with Gasteiger partial charge in [0.15, 0.2) is 0 Å². The lowest BCUT2D eigenvalue weighted by atomic mass is 10.2. The van der Waals surface area contributed by atoms with E-state index >= 15 is 0 Å². The third-order valence-electron chi connectivity index (χ3n) is 3.99. The molecule has 1 N–H and O–H groups in total. The van der Waals surface area contributed by atoms with Crippen molar-refractivity contribution in [2.75, 3.05) is 5.32 Å². The minimum atomic E-state index is -0.438. The number of anilines is 1. The van der Waals surface area contributed by atoms with E-state index in [1.165, 1.54) is 10.7 Å². The second-order valence-electron chi connectivity index (χ2n) is 5.94. The molecule has 4 rings (SSSR count). The molecule has 0 aliphatic carbocycles. The fourth-order valence-corrected chi connectivity index (χ4v) is 2.75. The molecule has 0 fully saturated rings. The predicted molar refractivity (Wildman–Crippen MR) is 104 cm³/mol. The number of halogens is 2. The molecule has 0 radical (unpaired) electrons. The summed E-state index contributed by atoms with van der Waals surface area (Å²) in [6, 6.07) is 21.8. The van der Waals surface area contributed by atoms with Crippen molar-refractivity contribution in [3.05, 3.63) is 89.2 Å². The lowest BCUT2D eigenvalue weighted by Crippen LogP contribution is -2.01. The average molecular weight is 396 g/mol. The van der Waals surface area contributed by atoms with Gasteiger partial charge in [-0.25, -0.2) is 4.39 Å². The predicted octanol–water partition coefficient (Wildman–Crippen LogP) is 4.86. The monoisotopic (exact) mass is 395 g/mol. The molecule has 1 heterocycles. The third-order valence-corrected chi connectivity index (χ3v) is 4.28. The van der Waals surface area contributed by atoms with E-state index in [9.17, 15) is 4.39 Å². The van der Waals surface area contributed by atoms with Crippen LogP contribution in [0.25, 0.3) is 5.69 Å². The van der Waals surface area contributed by atoms with Crippen molar-refractivity contribution >= 4 is 17.3 Å². The first kappa shape index (κ1) is 17.9. The molecule has 6 nitrogen and oxygen atoms in total. The molecule has 0 atom stereocenters. The minimum absolute atomic E-state index is 0.0879. The second kappa shape index (κ2) is 8.06. The molecule has 28 heavy (non-hydrogen) atoms. The summed E-state index contributed by atoms with van der Waals surface area (Å²) in [6.45, 7) is 0.560. The van der Waals surface area contributed by atoms with Gasteiger partial charge in [0.05, 0.1) is 10.7 Å². The number of tetrazole rings is 1. The Balaban J connectivity index is 1.42. The first-order chi connectivity index (χ1) is 13.7. The van der Waals surface area contributed by atoms with Crippen LogP contribution in [-0.4, -0.2) is 20.2 Å². The van der Waals surface area contributed by atoms with Crippen LogP contribution in [0.1, 0.15) is 5.56 Å². The summed E-state index contributed by atoms with van der Waals surface area (Å²) in [6.07, 6.45) is 0. The number of aromatic nitrogens is 4. The van der Waals surface area contributed by atoms with Gasteiger partial charge in [-0.1, -0.05) is 47.0 Å². The van der Waals surface area contributed by atoms with Gasteiger partial charge in [-0.2, -0.15) is 4.68 Å². The molecule has 0 bridgehead atoms. The van der Waals surface area contributed by atoms with E-state index in [0.29, 0.717) is 12.3 Å². The second-order valence-corrected chi connectivity index (χ2v) is 6.34. The number of benzene rings is 3. The van der Waals surface area contributed by atoms with Gasteiger partial charge in [-0.3, -0.25) is 0 Å². The van der Waals surface area contributed by atoms with Crippen molar-refractivity contribution in [2.45, 2.75) is 6.54 Å². The number of para-hydroxylation sites is 1. The quantitative estimate of drug-likeness (QED) is 0.505. The lowest BCUT2D eigenvalue weighted by Gasteiger charge is -2.09. The Morgan fingerprint density at radius 2 is 1.79 bits per heavy atom. The Bertz CT molecular complexity index is 1070. The highest BCUT2D eigenvalue weighted by molar-refractivity contribution is 6.31. The number of hydrogen-bond acceptors (Lipinski definition) is 5. The molecule has 0 saturated heterocycles. The fourth-order valence-electron chi connectivity index (χ4n) is 2.56. The normalized spacial score (nSPS) is 10.6. The SMILES string of the molecule is Fc1ccc(NCc2ccc(Oc3nnnn3-c3ccccc3)cc2)cc1Cl. The molecule has 0 unspecified atom stereocenters. The van der Waals surface area contributed by atoms with Crippen molar-refractivity contribution in [3.8, 4) is 17.4 Å². The van der Waals surface area contributed by atoms with E-state index in [2.05, 4.69) is 20.8 Å². The van der Waals surface area contributed by atoms with Gasteiger partial charge in [0.2, 0.25) is 0 Å². The summed E-state index contributed by atoms with van der Waals surface area (Å²) in [5.74, 6) is 0.173. The molecule has 3 aromatic carbocycles. The van der Waals surface area contributed by atoms with Crippen molar-refractivity contribution in [1.29, 1.82) is 0 Å². The molecular formula is C20H15ClFN5O. The maximum atomic E-state index is 13.2. The van der Waals surface area contributed by atoms with E-state index in [-0.39, 0.29) is 11.0 Å². The van der Waals surface area contributed by atoms with E-state index in [4.69, 9.17) is 16.3 Å². The Morgan fingerprint density at radius 3 is 2.54 bits per heavy atom. The van der Waals surface area contributed by atoms with Gasteiger partial charge < -0.3 is 10.1 Å². The van der Waals surface area contributed by atoms with E-state index in [1.54, 1.807) is 12.1 Å². The van der Waals surface area contributed by atoms with Gasteiger partial charge in [0.1, 0.15) is 11.6 Å². The summed E-state index contributed by atoms with van der Waals surface area (Å²) in [7, 11) is 0. The molecule has 8 heteroatoms. The largest absolute Gasteiger partial charge is 0.423 e. The van der Waals surface area contributed by atoms with Crippen molar-refractivity contribution in [1.82, 2.24) is 20.2 Å². The Hall–Kier alpha value is -3.45. The van der Waals surface area contributed by atoms with Crippen molar-refractivity contribution < 1.29 is 9.13 Å². The molecule has 0 saturated carbocycles. The molecular weight excluding hydrogens is 381 g/mol. The summed E-state index contributed by atoms with van der Waals surface area (Å²) < 4.78 is 20.5. The molecule has 0 aliphatic heterocycles. The van der Waals surface area contributed by atoms with Crippen LogP contribution in [0.4, 0.5) is 10.1 Å². The maximum absolute atomic E-state index is 13.2. The van der Waals surface area contributed by atoms with Crippen LogP contribution in [0, 0.1) is 5.82 Å². The van der Waals surface area contributed by atoms with Gasteiger partial charge in [0, 0.05) is 12.2 Å². The van der Waals surface area contributed by atoms with E-state index in [0.717, 1.165) is 16.9 Å². The van der Waals surface area contributed by atoms with Crippen LogP contribution in [0.2, 0.25) is 5.02 Å². The zero-order valence-electron chi connectivity index (χ0n) is 14.6. The highest BCUT2D eigenvalue weighted by atomic mass is 35.5. The van der Waals surface area contributed by atoms with Gasteiger partial charge >= 0.3 is 6.01 Å². The van der Waals surface area contributed by atoms with Gasteiger partial charge in [-0.15, -0.1) is 0 Å². The van der Waals surface area contributed by atoms with Crippen molar-refractivity contribution in [2.24, 2.45) is 0 Å². The summed E-state index contributed by atoms with van der Waals surface area (Å²) >= 11 is 5.79. The number of nitrogens with zero attached hydrogens (tertiary/aromatic N) is 4. The van der Waals surface area contributed by atoms with Crippen LogP contribution >= 0.6 is 11.6 Å². The first-order valence-corrected chi connectivity index (χ1v) is 8.86. The summed E-state index contributed by atoms with van der Waals surface area (Å²) in [4.78, 5) is 0. The molecule has 1 aromatic heterocycles.